The van der Waals surface area contributed by atoms with Gasteiger partial charge in [0.15, 0.2) is 0 Å². The summed E-state index contributed by atoms with van der Waals surface area (Å²) in [6.45, 7) is 3.54. The Kier molecular flexibility index (Phi) is 4.93. The van der Waals surface area contributed by atoms with Crippen LogP contribution in [0.2, 0.25) is 0 Å². The second-order valence-corrected chi connectivity index (χ2v) is 5.24. The van der Waals surface area contributed by atoms with Gasteiger partial charge in [0.1, 0.15) is 0 Å². The molecule has 2 heterocycles. The molecule has 0 aliphatic carbocycles. The van der Waals surface area contributed by atoms with Gasteiger partial charge in [0.25, 0.3) is 5.91 Å². The van der Waals surface area contributed by atoms with E-state index in [4.69, 9.17) is 5.73 Å². The largest absolute Gasteiger partial charge is 0.350 e. The van der Waals surface area contributed by atoms with Crippen LogP contribution in [0.1, 0.15) is 20.1 Å². The van der Waals surface area contributed by atoms with Crippen molar-refractivity contribution in [2.75, 3.05) is 13.1 Å². The maximum atomic E-state index is 12.0. The Hall–Kier alpha value is -2.10. The molecular weight excluding hydrogens is 272 g/mol. The molecule has 0 aliphatic rings. The van der Waals surface area contributed by atoms with Crippen LogP contribution in [0.4, 0.5) is 0 Å². The lowest BCUT2D eigenvalue weighted by Gasteiger charge is -2.03. The van der Waals surface area contributed by atoms with E-state index in [1.807, 2.05) is 23.8 Å². The minimum Gasteiger partial charge on any atom is -0.350 e. The molecule has 0 fully saturated rings. The van der Waals surface area contributed by atoms with Crippen LogP contribution in [0, 0.1) is 18.8 Å². The van der Waals surface area contributed by atoms with Gasteiger partial charge in [0.2, 0.25) is 0 Å². The molecule has 6 heteroatoms. The van der Waals surface area contributed by atoms with Crippen LogP contribution in [0.5, 0.6) is 0 Å². The lowest BCUT2D eigenvalue weighted by atomic mass is 10.2. The lowest BCUT2D eigenvalue weighted by molar-refractivity contribution is 0.0956. The fourth-order valence-electron chi connectivity index (χ4n) is 1.65. The summed E-state index contributed by atoms with van der Waals surface area (Å²) in [5, 5.41) is 2.88. The van der Waals surface area contributed by atoms with Crippen molar-refractivity contribution < 1.29 is 4.79 Å². The molecule has 0 radical (unpaired) electrons. The molecule has 0 saturated carbocycles. The minimum atomic E-state index is -0.0704. The SMILES string of the molecule is Cc1cc(C(=O)NCCn2ccnc2)sc1C#CCN. The minimum absolute atomic E-state index is 0.0704. The summed E-state index contributed by atoms with van der Waals surface area (Å²) in [7, 11) is 0. The number of hydrogen-bond acceptors (Lipinski definition) is 4. The Morgan fingerprint density at radius 1 is 1.60 bits per heavy atom. The molecule has 0 bridgehead atoms. The van der Waals surface area contributed by atoms with Crippen molar-refractivity contribution in [1.29, 1.82) is 0 Å². The fourth-order valence-corrected chi connectivity index (χ4v) is 2.62. The first-order valence-electron chi connectivity index (χ1n) is 6.24. The second kappa shape index (κ2) is 6.89. The normalized spacial score (nSPS) is 9.90. The highest BCUT2D eigenvalue weighted by atomic mass is 32.1. The molecule has 5 nitrogen and oxygen atoms in total. The highest BCUT2D eigenvalue weighted by Crippen LogP contribution is 2.20. The Balaban J connectivity index is 1.92. The molecule has 1 amide bonds. The molecular formula is C14H16N4OS. The average Bonchev–Trinajstić information content (AvgIpc) is 3.06. The summed E-state index contributed by atoms with van der Waals surface area (Å²) in [5.41, 5.74) is 6.36. The van der Waals surface area contributed by atoms with Gasteiger partial charge in [-0.05, 0) is 18.6 Å². The Morgan fingerprint density at radius 3 is 3.15 bits per heavy atom. The van der Waals surface area contributed by atoms with E-state index in [0.29, 0.717) is 24.5 Å². The highest BCUT2D eigenvalue weighted by Gasteiger charge is 2.10. The molecule has 2 rings (SSSR count). The predicted molar refractivity (Wildman–Crippen MR) is 79.5 cm³/mol. The Morgan fingerprint density at radius 2 is 2.45 bits per heavy atom. The lowest BCUT2D eigenvalue weighted by Crippen LogP contribution is -2.26. The van der Waals surface area contributed by atoms with Crippen molar-refractivity contribution in [1.82, 2.24) is 14.9 Å². The van der Waals surface area contributed by atoms with E-state index < -0.39 is 0 Å². The number of amides is 1. The van der Waals surface area contributed by atoms with Crippen LogP contribution in [0.3, 0.4) is 0 Å². The van der Waals surface area contributed by atoms with Gasteiger partial charge >= 0.3 is 0 Å². The number of aromatic nitrogens is 2. The highest BCUT2D eigenvalue weighted by molar-refractivity contribution is 7.14. The van der Waals surface area contributed by atoms with E-state index in [9.17, 15) is 4.79 Å². The summed E-state index contributed by atoms with van der Waals surface area (Å²) in [5.74, 6) is 5.71. The average molecular weight is 288 g/mol. The zero-order valence-corrected chi connectivity index (χ0v) is 12.0. The molecule has 0 aliphatic heterocycles. The van der Waals surface area contributed by atoms with E-state index in [1.54, 1.807) is 12.5 Å². The summed E-state index contributed by atoms with van der Waals surface area (Å²) in [4.78, 5) is 17.5. The van der Waals surface area contributed by atoms with E-state index >= 15 is 0 Å². The van der Waals surface area contributed by atoms with E-state index in [0.717, 1.165) is 10.4 Å². The monoisotopic (exact) mass is 288 g/mol. The maximum absolute atomic E-state index is 12.0. The number of thiophene rings is 1. The molecule has 0 aromatic carbocycles. The molecule has 3 N–H and O–H groups in total. The van der Waals surface area contributed by atoms with Crippen molar-refractivity contribution in [3.8, 4) is 11.8 Å². The van der Waals surface area contributed by atoms with E-state index in [1.165, 1.54) is 11.3 Å². The third kappa shape index (κ3) is 3.70. The number of carbonyl (C=O) groups is 1. The van der Waals surface area contributed by atoms with Crippen LogP contribution in [0.15, 0.2) is 24.8 Å². The molecule has 0 atom stereocenters. The number of carbonyl (C=O) groups excluding carboxylic acids is 1. The number of nitrogens with one attached hydrogen (secondary N) is 1. The van der Waals surface area contributed by atoms with Crippen LogP contribution >= 0.6 is 11.3 Å². The predicted octanol–water partition coefficient (Wildman–Crippen LogP) is 0.993. The molecule has 2 aromatic heterocycles. The Bertz CT molecular complexity index is 634. The number of nitrogens with two attached hydrogens (primary N) is 1. The summed E-state index contributed by atoms with van der Waals surface area (Å²) < 4.78 is 1.91. The smallest absolute Gasteiger partial charge is 0.261 e. The van der Waals surface area contributed by atoms with Crippen LogP contribution in [-0.2, 0) is 6.54 Å². The number of hydrogen-bond donors (Lipinski definition) is 2. The molecule has 20 heavy (non-hydrogen) atoms. The number of aryl methyl sites for hydroxylation is 1. The van der Waals surface area contributed by atoms with Gasteiger partial charge in [-0.15, -0.1) is 11.3 Å². The zero-order chi connectivity index (χ0) is 14.4. The van der Waals surface area contributed by atoms with Gasteiger partial charge in [0, 0.05) is 25.5 Å². The van der Waals surface area contributed by atoms with Gasteiger partial charge in [-0.2, -0.15) is 0 Å². The van der Waals surface area contributed by atoms with Crippen molar-refractivity contribution in [2.45, 2.75) is 13.5 Å². The first kappa shape index (κ1) is 14.3. The second-order valence-electron chi connectivity index (χ2n) is 4.19. The first-order valence-corrected chi connectivity index (χ1v) is 7.05. The van der Waals surface area contributed by atoms with Crippen LogP contribution in [-0.4, -0.2) is 28.5 Å². The zero-order valence-electron chi connectivity index (χ0n) is 11.2. The number of rotatable bonds is 4. The molecule has 2 aromatic rings. The third-order valence-electron chi connectivity index (χ3n) is 2.66. The van der Waals surface area contributed by atoms with Crippen LogP contribution < -0.4 is 11.1 Å². The first-order chi connectivity index (χ1) is 9.70. The molecule has 0 unspecified atom stereocenters. The number of imidazole rings is 1. The molecule has 104 valence electrons. The van der Waals surface area contributed by atoms with Crippen molar-refractivity contribution in [2.24, 2.45) is 5.73 Å². The van der Waals surface area contributed by atoms with Gasteiger partial charge in [-0.25, -0.2) is 4.98 Å². The molecule has 0 saturated heterocycles. The van der Waals surface area contributed by atoms with Gasteiger partial charge < -0.3 is 15.6 Å². The third-order valence-corrected chi connectivity index (χ3v) is 3.81. The fraction of sp³-hybridized carbons (Fsp3) is 0.286. The maximum Gasteiger partial charge on any atom is 0.261 e. The van der Waals surface area contributed by atoms with E-state index in [-0.39, 0.29) is 5.91 Å². The Labute approximate surface area is 121 Å². The van der Waals surface area contributed by atoms with Crippen molar-refractivity contribution in [3.63, 3.8) is 0 Å². The van der Waals surface area contributed by atoms with E-state index in [2.05, 4.69) is 22.1 Å². The van der Waals surface area contributed by atoms with Crippen molar-refractivity contribution >= 4 is 17.2 Å². The van der Waals surface area contributed by atoms with Gasteiger partial charge in [-0.1, -0.05) is 11.8 Å². The van der Waals surface area contributed by atoms with Crippen LogP contribution in [0.25, 0.3) is 0 Å². The molecule has 0 spiro atoms. The topological polar surface area (TPSA) is 72.9 Å². The quantitative estimate of drug-likeness (QED) is 0.824. The standard InChI is InChI=1S/C14H16N4OS/c1-11-9-13(20-12(11)3-2-4-15)14(19)17-6-8-18-7-5-16-10-18/h5,7,9-10H,4,6,8,15H2,1H3,(H,17,19). The van der Waals surface area contributed by atoms with Gasteiger partial charge in [-0.3, -0.25) is 4.79 Å². The summed E-state index contributed by atoms with van der Waals surface area (Å²) >= 11 is 1.40. The summed E-state index contributed by atoms with van der Waals surface area (Å²) in [6.07, 6.45) is 5.30. The van der Waals surface area contributed by atoms with Crippen molar-refractivity contribution in [3.05, 3.63) is 40.1 Å². The van der Waals surface area contributed by atoms with Gasteiger partial charge in [0.05, 0.1) is 22.6 Å². The number of nitrogens with zero attached hydrogens (tertiary/aromatic N) is 2. The summed E-state index contributed by atoms with van der Waals surface area (Å²) in [6, 6.07) is 1.86.